The van der Waals surface area contributed by atoms with Crippen LogP contribution in [0, 0.1) is 5.41 Å². The molecule has 0 spiro atoms. The molecule has 4 N–H and O–H groups in total. The third-order valence-electron chi connectivity index (χ3n) is 1.58. The van der Waals surface area contributed by atoms with Crippen LogP contribution < -0.4 is 0 Å². The lowest BCUT2D eigenvalue weighted by molar-refractivity contribution is -0.344. The Hall–Kier alpha value is -1.50. The van der Waals surface area contributed by atoms with Crippen molar-refractivity contribution in [1.29, 1.82) is 5.41 Å². The molecule has 0 unspecified atom stereocenters. The maximum absolute atomic E-state index is 10.5. The number of aliphatic carboxylic acids is 1. The predicted octanol–water partition coefficient (Wildman–Crippen LogP) is -0.235. The van der Waals surface area contributed by atoms with E-state index in [0.29, 0.717) is 0 Å². The second-order valence-corrected chi connectivity index (χ2v) is 2.41. The number of carboxylic acids is 1. The van der Waals surface area contributed by atoms with Crippen molar-refractivity contribution in [2.45, 2.75) is 5.79 Å². The number of aliphatic hydroxyl groups is 1. The third kappa shape index (κ3) is 1.50. The van der Waals surface area contributed by atoms with E-state index in [1.54, 1.807) is 0 Å². The van der Waals surface area contributed by atoms with Crippen LogP contribution in [-0.4, -0.2) is 32.9 Å². The van der Waals surface area contributed by atoms with E-state index in [0.717, 1.165) is 12.2 Å². The van der Waals surface area contributed by atoms with Gasteiger partial charge in [0.1, 0.15) is 5.71 Å². The van der Waals surface area contributed by atoms with Crippen molar-refractivity contribution in [1.82, 2.24) is 0 Å². The summed E-state index contributed by atoms with van der Waals surface area (Å²) in [7, 11) is 0. The Labute approximate surface area is 72.8 Å². The molecule has 0 aromatic rings. The van der Waals surface area contributed by atoms with Gasteiger partial charge in [0, 0.05) is 0 Å². The number of rotatable bonds is 2. The smallest absolute Gasteiger partial charge is 0.337 e. The van der Waals surface area contributed by atoms with Crippen LogP contribution in [0.4, 0.5) is 0 Å². The first-order chi connectivity index (χ1) is 6.01. The second-order valence-electron chi connectivity index (χ2n) is 2.41. The summed E-state index contributed by atoms with van der Waals surface area (Å²) in [6.07, 6.45) is 3.26. The van der Waals surface area contributed by atoms with Crippen LogP contribution in [0.25, 0.3) is 0 Å². The molecule has 0 saturated carbocycles. The molecule has 0 amide bonds. The molecule has 0 fully saturated rings. The quantitative estimate of drug-likeness (QED) is 0.269. The summed E-state index contributed by atoms with van der Waals surface area (Å²) in [6.45, 7) is 0. The van der Waals surface area contributed by atoms with Gasteiger partial charge in [-0.15, -0.1) is 0 Å². The fraction of sp³-hybridized carbons (Fsp3) is 0.143. The summed E-state index contributed by atoms with van der Waals surface area (Å²) >= 11 is 0. The maximum atomic E-state index is 10.5. The topological polar surface area (TPSA) is 111 Å². The molecule has 1 aliphatic rings. The van der Waals surface area contributed by atoms with Gasteiger partial charge in [-0.25, -0.2) is 10.1 Å². The minimum absolute atomic E-state index is 0.431. The zero-order chi connectivity index (χ0) is 10.1. The molecule has 0 heterocycles. The Morgan fingerprint density at radius 3 is 2.69 bits per heavy atom. The van der Waals surface area contributed by atoms with Gasteiger partial charge in [0.25, 0.3) is 5.79 Å². The zero-order valence-electron chi connectivity index (χ0n) is 6.39. The molecule has 1 rings (SSSR count). The van der Waals surface area contributed by atoms with E-state index in [-0.39, 0.29) is 0 Å². The molecule has 0 aromatic carbocycles. The molecule has 70 valence electrons. The third-order valence-corrected chi connectivity index (χ3v) is 1.58. The summed E-state index contributed by atoms with van der Waals surface area (Å²) in [4.78, 5) is 14.1. The largest absolute Gasteiger partial charge is 0.478 e. The Balaban J connectivity index is 3.07. The lowest BCUT2D eigenvalue weighted by Gasteiger charge is -2.23. The van der Waals surface area contributed by atoms with Crippen molar-refractivity contribution in [2.75, 3.05) is 0 Å². The van der Waals surface area contributed by atoms with Crippen LogP contribution in [-0.2, 0) is 9.68 Å². The first kappa shape index (κ1) is 9.59. The van der Waals surface area contributed by atoms with Gasteiger partial charge in [-0.05, 0) is 12.2 Å². The number of hydrogen-bond acceptors (Lipinski definition) is 5. The van der Waals surface area contributed by atoms with Crippen molar-refractivity contribution >= 4 is 11.7 Å². The van der Waals surface area contributed by atoms with Crippen LogP contribution in [0.2, 0.25) is 0 Å². The minimum atomic E-state index is -2.36. The molecule has 0 aliphatic heterocycles. The summed E-state index contributed by atoms with van der Waals surface area (Å²) < 4.78 is 0. The van der Waals surface area contributed by atoms with Crippen molar-refractivity contribution < 1.29 is 25.2 Å². The van der Waals surface area contributed by atoms with Gasteiger partial charge in [0.15, 0.2) is 0 Å². The Morgan fingerprint density at radius 2 is 2.23 bits per heavy atom. The lowest BCUT2D eigenvalue weighted by atomic mass is 9.97. The molecular weight excluding hydrogens is 178 g/mol. The van der Waals surface area contributed by atoms with Gasteiger partial charge in [-0.1, -0.05) is 6.08 Å². The molecule has 6 heteroatoms. The lowest BCUT2D eigenvalue weighted by Crippen LogP contribution is -2.42. The van der Waals surface area contributed by atoms with E-state index in [9.17, 15) is 9.90 Å². The van der Waals surface area contributed by atoms with E-state index >= 15 is 0 Å². The summed E-state index contributed by atoms with van der Waals surface area (Å²) in [5, 5.41) is 33.3. The monoisotopic (exact) mass is 185 g/mol. The molecule has 6 nitrogen and oxygen atoms in total. The van der Waals surface area contributed by atoms with Crippen molar-refractivity contribution in [3.8, 4) is 0 Å². The molecule has 0 radical (unpaired) electrons. The van der Waals surface area contributed by atoms with Gasteiger partial charge in [0.2, 0.25) is 0 Å². The van der Waals surface area contributed by atoms with Gasteiger partial charge < -0.3 is 10.2 Å². The van der Waals surface area contributed by atoms with E-state index in [1.807, 2.05) is 0 Å². The van der Waals surface area contributed by atoms with E-state index in [4.69, 9.17) is 15.8 Å². The maximum Gasteiger partial charge on any atom is 0.337 e. The summed E-state index contributed by atoms with van der Waals surface area (Å²) in [6, 6.07) is 0. The normalized spacial score (nSPS) is 27.2. The number of nitrogens with one attached hydrogen (secondary N) is 1. The molecule has 0 saturated heterocycles. The second kappa shape index (κ2) is 3.09. The Kier molecular flexibility index (Phi) is 2.28. The summed E-state index contributed by atoms with van der Waals surface area (Å²) in [5.41, 5.74) is -1.15. The summed E-state index contributed by atoms with van der Waals surface area (Å²) in [5.74, 6) is -3.73. The highest BCUT2D eigenvalue weighted by molar-refractivity contribution is 6.22. The first-order valence-corrected chi connectivity index (χ1v) is 3.28. The predicted molar refractivity (Wildman–Crippen MR) is 41.2 cm³/mol. The van der Waals surface area contributed by atoms with E-state index < -0.39 is 23.0 Å². The molecule has 0 aromatic heterocycles. The number of allylic oxidation sites excluding steroid dienone is 2. The molecule has 0 bridgehead atoms. The van der Waals surface area contributed by atoms with Gasteiger partial charge in [0.05, 0.1) is 5.57 Å². The van der Waals surface area contributed by atoms with Crippen LogP contribution in [0.1, 0.15) is 0 Å². The van der Waals surface area contributed by atoms with Crippen LogP contribution in [0.5, 0.6) is 0 Å². The number of hydrogen-bond donors (Lipinski definition) is 4. The van der Waals surface area contributed by atoms with Gasteiger partial charge in [-0.2, -0.15) is 4.89 Å². The molecule has 13 heavy (non-hydrogen) atoms. The zero-order valence-corrected chi connectivity index (χ0v) is 6.39. The number of carbonyl (C=O) groups is 1. The van der Waals surface area contributed by atoms with Gasteiger partial charge in [-0.3, -0.25) is 5.41 Å². The number of carboxylic acid groups (broad SMARTS) is 1. The van der Waals surface area contributed by atoms with Crippen LogP contribution in [0.15, 0.2) is 23.8 Å². The average molecular weight is 185 g/mol. The van der Waals surface area contributed by atoms with E-state index in [1.165, 1.54) is 6.08 Å². The Bertz CT molecular complexity index is 319. The van der Waals surface area contributed by atoms with Crippen LogP contribution in [0.3, 0.4) is 0 Å². The Morgan fingerprint density at radius 1 is 1.62 bits per heavy atom. The average Bonchev–Trinajstić information content (AvgIpc) is 2.09. The van der Waals surface area contributed by atoms with Crippen LogP contribution >= 0.6 is 0 Å². The van der Waals surface area contributed by atoms with Crippen molar-refractivity contribution in [3.05, 3.63) is 23.8 Å². The minimum Gasteiger partial charge on any atom is -0.478 e. The molecule has 1 aliphatic carbocycles. The highest BCUT2D eigenvalue weighted by atomic mass is 17.1. The van der Waals surface area contributed by atoms with E-state index in [2.05, 4.69) is 4.89 Å². The SMILES string of the molecule is N=C1C(C(=O)O)=CC=C[C@]1(O)OO. The van der Waals surface area contributed by atoms with Crippen molar-refractivity contribution in [2.24, 2.45) is 0 Å². The van der Waals surface area contributed by atoms with Crippen molar-refractivity contribution in [3.63, 3.8) is 0 Å². The standard InChI is InChI=1S/C7H7NO5/c8-5-4(6(9)10)2-1-3-7(5,11)13-12/h1-3,8,11-12H,(H,9,10)/t7-/m0/s1. The van der Waals surface area contributed by atoms with Gasteiger partial charge >= 0.3 is 5.97 Å². The fourth-order valence-electron chi connectivity index (χ4n) is 0.889. The highest BCUT2D eigenvalue weighted by Crippen LogP contribution is 2.20. The molecular formula is C7H7NO5. The molecule has 1 atom stereocenters. The fourth-order valence-corrected chi connectivity index (χ4v) is 0.889. The highest BCUT2D eigenvalue weighted by Gasteiger charge is 2.37. The first-order valence-electron chi connectivity index (χ1n) is 3.28.